The predicted octanol–water partition coefficient (Wildman–Crippen LogP) is 15.3. The number of nitrogens with zero attached hydrogens (tertiary/aromatic N) is 14. The Labute approximate surface area is 814 Å². The molecular weight excluding hydrogens is 1960 g/mol. The Hall–Kier alpha value is -15.4. The minimum atomic E-state index is -0.417. The van der Waals surface area contributed by atoms with Crippen LogP contribution in [0.1, 0.15) is 83.1 Å². The van der Waals surface area contributed by atoms with Crippen molar-refractivity contribution < 1.29 is 9.59 Å². The molecule has 0 radical (unpaired) electrons. The number of hydrogen-bond donors (Lipinski definition) is 11. The fourth-order valence-electron chi connectivity index (χ4n) is 14.3. The molecule has 2 aliphatic rings. The summed E-state index contributed by atoms with van der Waals surface area (Å²) in [6, 6.07) is 40.3. The third-order valence-corrected chi connectivity index (χ3v) is 29.2. The van der Waals surface area contributed by atoms with E-state index in [0.717, 1.165) is 83.3 Å². The third kappa shape index (κ3) is 20.7. The molecule has 0 spiro atoms. The van der Waals surface area contributed by atoms with Crippen molar-refractivity contribution in [3.05, 3.63) is 352 Å². The van der Waals surface area contributed by atoms with Crippen LogP contribution in [0, 0.1) is 33.6 Å². The monoisotopic (exact) mass is 2030 g/mol. The first-order valence-corrected chi connectivity index (χ1v) is 48.7. The quantitative estimate of drug-likeness (QED) is 0.0428. The number of nitrogens with one attached hydrogen (secondary N) is 11. The van der Waals surface area contributed by atoms with Gasteiger partial charge in [0.25, 0.3) is 56.3 Å². The van der Waals surface area contributed by atoms with Crippen molar-refractivity contribution in [1.82, 2.24) is 126 Å². The molecule has 2 amide bonds. The van der Waals surface area contributed by atoms with Crippen LogP contribution < -0.4 is 60.4 Å². The van der Waals surface area contributed by atoms with E-state index in [2.05, 4.69) is 152 Å². The van der Waals surface area contributed by atoms with Crippen molar-refractivity contribution in [3.8, 4) is 80.2 Å². The molecule has 138 heavy (non-hydrogen) atoms. The number of amides is 2. The number of halogens is 2. The molecule has 1 saturated heterocycles. The third-order valence-electron chi connectivity index (χ3n) is 21.5. The van der Waals surface area contributed by atoms with Crippen molar-refractivity contribution in [2.75, 3.05) is 13.1 Å². The second-order valence-corrected chi connectivity index (χ2v) is 38.3. The van der Waals surface area contributed by atoms with Crippen LogP contribution in [-0.2, 0) is 19.5 Å². The number of aromatic nitrogens is 22. The topological polar surface area (TPSA) is 514 Å². The van der Waals surface area contributed by atoms with Crippen LogP contribution in [0.5, 0.6) is 0 Å². The molecule has 688 valence electrons. The average Bonchev–Trinajstić information content (AvgIpc) is 1.62. The van der Waals surface area contributed by atoms with E-state index >= 15 is 0 Å². The zero-order valence-electron chi connectivity index (χ0n) is 72.8. The smallest absolute Gasteiger partial charge is 0.269 e. The highest BCUT2D eigenvalue weighted by Crippen LogP contribution is 2.45. The number of aryl methyl sites for hydroxylation is 4. The SMILES string of the molecule is Cc1cnc(CNC(=O)c2csc3c(=O)[nH]c(-c4ccccn4)nc23)[nH]c1=O.Cc1cnc(CNC(=O)c2csc3c(=O)[nH]c(-c4ccccn4)nc23)[nH]c1=O.Cc1sc2c(=O)[nH]c(-c3ccccn3)nc2c1-c1ccccc1Cl.Cc1sc2c(=O)[nH]c(-c3ccccn3)nc2c1Br.O=c1[nH]c(-c2ccccn2)nc2c(C3CC3)csc12.O=c1[nH]c(-c2ccccn2)nc2c(CC3CNC3)csc12. The fraction of sp³-hybridized carbons (Fsp3) is 0.137. The molecular formula is C95H73BrClN25O10S6. The van der Waals surface area contributed by atoms with Crippen molar-refractivity contribution in [3.63, 3.8) is 0 Å². The van der Waals surface area contributed by atoms with Crippen molar-refractivity contribution in [2.45, 2.75) is 66.0 Å². The first kappa shape index (κ1) is 93.0. The normalized spacial score (nSPS) is 12.2. The van der Waals surface area contributed by atoms with Crippen LogP contribution >= 0.6 is 95.6 Å². The molecule has 1 aromatic carbocycles. The van der Waals surface area contributed by atoms with E-state index in [1.165, 1.54) is 81.7 Å². The summed E-state index contributed by atoms with van der Waals surface area (Å²) >= 11 is 17.9. The van der Waals surface area contributed by atoms with Crippen molar-refractivity contribution in [1.29, 1.82) is 0 Å². The molecule has 35 nitrogen and oxygen atoms in total. The Balaban J connectivity index is 0.000000111. The largest absolute Gasteiger partial charge is 0.345 e. The van der Waals surface area contributed by atoms with E-state index in [9.17, 15) is 47.9 Å². The summed E-state index contributed by atoms with van der Waals surface area (Å²) in [7, 11) is 0. The lowest BCUT2D eigenvalue weighted by Crippen LogP contribution is -2.43. The molecule has 1 aliphatic carbocycles. The van der Waals surface area contributed by atoms with E-state index in [1.807, 2.05) is 111 Å². The molecule has 21 heterocycles. The van der Waals surface area contributed by atoms with Gasteiger partial charge in [0.15, 0.2) is 34.9 Å². The van der Waals surface area contributed by atoms with Gasteiger partial charge in [-0.25, -0.2) is 39.9 Å². The van der Waals surface area contributed by atoms with Crippen LogP contribution in [-0.4, -0.2) is 135 Å². The van der Waals surface area contributed by atoms with Gasteiger partial charge in [-0.05, 0) is 189 Å². The summed E-state index contributed by atoms with van der Waals surface area (Å²) in [6.07, 6.45) is 16.2. The van der Waals surface area contributed by atoms with Crippen LogP contribution in [0.4, 0.5) is 0 Å². The molecule has 43 heteroatoms. The molecule has 1 saturated carbocycles. The Morgan fingerprint density at radius 2 is 0.732 bits per heavy atom. The summed E-state index contributed by atoms with van der Waals surface area (Å²) in [5.74, 6) is 3.71. The number of benzene rings is 1. The lowest BCUT2D eigenvalue weighted by molar-refractivity contribution is 0.0943. The Morgan fingerprint density at radius 3 is 1.12 bits per heavy atom. The summed E-state index contributed by atoms with van der Waals surface area (Å²) in [5.41, 5.74) is 11.4. The number of carbonyl (C=O) groups excluding carboxylic acids is 2. The average molecular weight is 2030 g/mol. The Morgan fingerprint density at radius 1 is 0.384 bits per heavy atom. The molecule has 1 aliphatic heterocycles. The Kier molecular flexibility index (Phi) is 27.9. The van der Waals surface area contributed by atoms with Gasteiger partial charge in [0.05, 0.1) is 45.2 Å². The maximum Gasteiger partial charge on any atom is 0.269 e. The number of aromatic amines is 8. The van der Waals surface area contributed by atoms with Crippen LogP contribution in [0.2, 0.25) is 5.02 Å². The van der Waals surface area contributed by atoms with E-state index < -0.39 is 11.8 Å². The first-order valence-electron chi connectivity index (χ1n) is 42.4. The highest BCUT2D eigenvalue weighted by atomic mass is 79.9. The predicted molar refractivity (Wildman–Crippen MR) is 542 cm³/mol. The van der Waals surface area contributed by atoms with Gasteiger partial charge in [0.2, 0.25) is 0 Å². The van der Waals surface area contributed by atoms with E-state index in [1.54, 1.807) is 98.2 Å². The molecule has 0 unspecified atom stereocenters. The highest BCUT2D eigenvalue weighted by molar-refractivity contribution is 9.10. The van der Waals surface area contributed by atoms with Gasteiger partial charge in [-0.3, -0.25) is 77.8 Å². The summed E-state index contributed by atoms with van der Waals surface area (Å²) in [6.45, 7) is 9.41. The van der Waals surface area contributed by atoms with E-state index in [0.29, 0.717) is 143 Å². The standard InChI is InChI=1S/C18H12ClN3OS.2C18H14N6O3S.C15H14N4OS.C14H11N3OS.C12H8BrN3OS/c1-10-14(11-6-2-3-7-12(11)19)15-16(24-10)18(23)22-17(21-15)13-8-4-5-9-20-13;2*1-9-6-20-12(22-16(9)25)7-21-17(26)10-8-28-14-13(10)23-15(24-18(14)27)11-4-2-3-5-19-11;20-15-13-12(10(8-21-13)5-9-6-16-7-9)18-14(19-15)11-3-1-2-4-17-11;18-14-12-11(9(7-19-12)8-4-5-8)16-13(17-14)10-3-1-2-6-15-10;1-6-8(13)9-10(18-6)12(17)16-11(15-9)7-4-2-3-5-14-7/h2-9H,1H3,(H,21,22,23);2*2-6,8H,7H2,1H3,(H,21,26)(H,20,22,25)(H,23,24,27);1-4,8-9,16H,5-7H2,(H,18,19,20);1-3,6-8H,4-5H2,(H,16,17,18);2-5H,1H3,(H,15,16,17). The summed E-state index contributed by atoms with van der Waals surface area (Å²) in [5, 5.41) is 16.6. The highest BCUT2D eigenvalue weighted by Gasteiger charge is 2.30. The lowest BCUT2D eigenvalue weighted by Gasteiger charge is -2.26. The minimum absolute atomic E-state index is 0.0436. The summed E-state index contributed by atoms with van der Waals surface area (Å²) < 4.78 is 4.25. The zero-order chi connectivity index (χ0) is 95.8. The van der Waals surface area contributed by atoms with Gasteiger partial charge in [-0.1, -0.05) is 66.2 Å². The number of fused-ring (bicyclic) bond motifs is 6. The van der Waals surface area contributed by atoms with Gasteiger partial charge < -0.3 is 55.8 Å². The number of thiophene rings is 6. The molecule has 0 atom stereocenters. The number of H-pyrrole nitrogens is 8. The van der Waals surface area contributed by atoms with Gasteiger partial charge in [-0.2, -0.15) is 0 Å². The van der Waals surface area contributed by atoms with Crippen molar-refractivity contribution >= 4 is 169 Å². The number of hydrogen-bond acceptors (Lipinski definition) is 31. The van der Waals surface area contributed by atoms with Gasteiger partial charge in [0.1, 0.15) is 90.6 Å². The molecule has 20 aromatic heterocycles. The van der Waals surface area contributed by atoms with Gasteiger partial charge in [0, 0.05) is 97.4 Å². The molecule has 21 aromatic rings. The fourth-order valence-corrected chi connectivity index (χ4v) is 20.7. The minimum Gasteiger partial charge on any atom is -0.345 e. The molecule has 11 N–H and O–H groups in total. The molecule has 23 rings (SSSR count). The van der Waals surface area contributed by atoms with Gasteiger partial charge >= 0.3 is 0 Å². The number of pyridine rings is 6. The maximum atomic E-state index is 12.6. The zero-order valence-corrected chi connectivity index (χ0v) is 80.0. The van der Waals surface area contributed by atoms with Crippen LogP contribution in [0.15, 0.2) is 247 Å². The first-order chi connectivity index (χ1) is 67.0. The summed E-state index contributed by atoms with van der Waals surface area (Å²) in [4.78, 5) is 207. The van der Waals surface area contributed by atoms with Gasteiger partial charge in [-0.15, -0.1) is 68.0 Å². The molecule has 0 bridgehead atoms. The van der Waals surface area contributed by atoms with E-state index in [4.69, 9.17) is 11.6 Å². The lowest BCUT2D eigenvalue weighted by atomic mass is 9.95. The molecule has 2 fully saturated rings. The van der Waals surface area contributed by atoms with Crippen molar-refractivity contribution in [2.24, 2.45) is 5.92 Å². The van der Waals surface area contributed by atoms with Crippen LogP contribution in [0.25, 0.3) is 142 Å². The second kappa shape index (κ2) is 41.4. The number of rotatable bonds is 16. The maximum absolute atomic E-state index is 12.6. The number of carbonyl (C=O) groups is 2. The van der Waals surface area contributed by atoms with Crippen LogP contribution in [0.3, 0.4) is 0 Å². The van der Waals surface area contributed by atoms with E-state index in [-0.39, 0.29) is 80.3 Å². The Bertz CT molecular complexity index is 8480. The second-order valence-electron chi connectivity index (χ2n) is 31.1.